The van der Waals surface area contributed by atoms with Crippen molar-refractivity contribution in [1.29, 1.82) is 0 Å². The molecule has 8 aromatic rings. The molecule has 4 fully saturated rings. The number of nitrogens with zero attached hydrogens (tertiary/aromatic N) is 8. The van der Waals surface area contributed by atoms with E-state index in [-0.39, 0.29) is 81.3 Å². The molecule has 4 aromatic carbocycles. The largest absolute Gasteiger partial charge is 0.374 e. The maximum absolute atomic E-state index is 12.6. The summed E-state index contributed by atoms with van der Waals surface area (Å²) in [4.78, 5) is 98.1. The highest BCUT2D eigenvalue weighted by atomic mass is 79.9. The van der Waals surface area contributed by atoms with Crippen LogP contribution in [0.25, 0.3) is 22.7 Å². The van der Waals surface area contributed by atoms with E-state index in [1.165, 1.54) is 58.7 Å². The van der Waals surface area contributed by atoms with E-state index in [0.717, 1.165) is 79.5 Å². The second kappa shape index (κ2) is 27.2. The Hall–Kier alpha value is -6.34. The zero-order valence-electron chi connectivity index (χ0n) is 43.2. The molecule has 12 rings (SSSR count). The molecule has 4 aliphatic rings. The molecule has 0 amide bonds. The van der Waals surface area contributed by atoms with Crippen LogP contribution in [0.3, 0.4) is 0 Å². The summed E-state index contributed by atoms with van der Waals surface area (Å²) in [6.45, 7) is 0. The monoisotopic (exact) mass is 1400 g/mol. The van der Waals surface area contributed by atoms with Crippen molar-refractivity contribution in [2.45, 2.75) is 83.0 Å². The van der Waals surface area contributed by atoms with Crippen LogP contribution < -0.4 is 61.4 Å². The van der Waals surface area contributed by atoms with Gasteiger partial charge < -0.3 is 16.4 Å². The van der Waals surface area contributed by atoms with Crippen LogP contribution in [0.2, 0.25) is 10.3 Å². The van der Waals surface area contributed by atoms with E-state index in [1.807, 2.05) is 48.5 Å². The first kappa shape index (κ1) is 62.3. The molecule has 0 unspecified atom stereocenters. The number of anilines is 2. The molecule has 0 saturated heterocycles. The predicted molar refractivity (Wildman–Crippen MR) is 335 cm³/mol. The first-order valence-corrected chi connectivity index (χ1v) is 29.1. The first-order chi connectivity index (χ1) is 38.4. The van der Waals surface area contributed by atoms with E-state index in [2.05, 4.69) is 80.1 Å². The van der Waals surface area contributed by atoms with Crippen molar-refractivity contribution in [3.05, 3.63) is 233 Å². The summed E-state index contributed by atoms with van der Waals surface area (Å²) in [6, 6.07) is 34.7. The Bertz CT molecular complexity index is 4060. The molecule has 4 aromatic heterocycles. The maximum Gasteiger partial charge on any atom is 0.337 e. The van der Waals surface area contributed by atoms with Crippen molar-refractivity contribution in [2.75, 3.05) is 31.8 Å². The molecule has 0 aliphatic heterocycles. The van der Waals surface area contributed by atoms with Gasteiger partial charge in [0.2, 0.25) is 0 Å². The minimum Gasteiger partial charge on any atom is -0.374 e. The van der Waals surface area contributed by atoms with Gasteiger partial charge in [-0.05, 0) is 155 Å². The predicted octanol–water partition coefficient (Wildman–Crippen LogP) is 9.99. The highest BCUT2D eigenvalue weighted by Gasteiger charge is 2.31. The molecule has 0 bridgehead atoms. The van der Waals surface area contributed by atoms with Crippen LogP contribution in [-0.4, -0.2) is 57.7 Å². The molecule has 426 valence electrons. The second-order valence-electron chi connectivity index (χ2n) is 18.6. The van der Waals surface area contributed by atoms with Crippen LogP contribution in [-0.2, 0) is 0 Å². The van der Waals surface area contributed by atoms with Crippen molar-refractivity contribution in [3.63, 3.8) is 0 Å². The molecule has 19 nitrogen and oxygen atoms in total. The van der Waals surface area contributed by atoms with Crippen LogP contribution in [0, 0.1) is 0 Å². The van der Waals surface area contributed by atoms with E-state index in [1.54, 1.807) is 67.2 Å². The van der Waals surface area contributed by atoms with Crippen molar-refractivity contribution in [1.82, 2.24) is 36.5 Å². The van der Waals surface area contributed by atoms with Gasteiger partial charge in [0.1, 0.15) is 21.9 Å². The summed E-state index contributed by atoms with van der Waals surface area (Å²) in [5.74, 6) is 1.08. The Labute approximate surface area is 507 Å². The number of hydrogen-bond acceptors (Lipinski definition) is 11. The molecule has 4 N–H and O–H groups in total. The van der Waals surface area contributed by atoms with Crippen LogP contribution in [0.15, 0.2) is 178 Å². The number of nitrogens with one attached hydrogen (secondary N) is 2. The summed E-state index contributed by atoms with van der Waals surface area (Å²) in [5, 5.41) is 6.19. The minimum atomic E-state index is -0.408. The van der Waals surface area contributed by atoms with Crippen LogP contribution in [0.5, 0.6) is 0 Å². The summed E-state index contributed by atoms with van der Waals surface area (Å²) in [7, 11) is 4.92. The second-order valence-corrected chi connectivity index (χ2v) is 23.1. The average molecular weight is 1400 g/mol. The Kier molecular flexibility index (Phi) is 20.9. The van der Waals surface area contributed by atoms with Crippen LogP contribution in [0.4, 0.5) is 11.6 Å². The maximum atomic E-state index is 12.6. The molecule has 4 heterocycles. The SMILES string of the molecule is C.CN.CNc1cc(=O)n(-c2ccc(Br)cc2)c(=O)n1C1CC1.CNc1cc(=O)n(C2CC2)c(=O)n1-c1ccc(Br)cc1.O=c1cc(Cl)n(-c2ccc(Br)cc2)c(=O)n1C1CC1.O=c1cc(Cl)n(C2CC2)c(=O)n1-c1ccc(Br)cc1. The van der Waals surface area contributed by atoms with Crippen molar-refractivity contribution >= 4 is 98.6 Å². The van der Waals surface area contributed by atoms with E-state index >= 15 is 0 Å². The molecular formula is C56H57Br4Cl2N11O8. The van der Waals surface area contributed by atoms with Gasteiger partial charge in [-0.1, -0.05) is 94.3 Å². The van der Waals surface area contributed by atoms with E-state index < -0.39 is 5.56 Å². The molecule has 0 spiro atoms. The lowest BCUT2D eigenvalue weighted by molar-refractivity contribution is 0.631. The molecular weight excluding hydrogens is 1350 g/mol. The third kappa shape index (κ3) is 14.5. The molecule has 4 aliphatic carbocycles. The normalized spacial score (nSPS) is 14.0. The van der Waals surface area contributed by atoms with Gasteiger partial charge in [0.25, 0.3) is 22.2 Å². The standard InChI is InChI=1S/2C14H14BrN3O2.2C13H10BrClN2O2.CH5N.CH4/c1-16-12-8-13(19)18(11-4-2-9(15)3-5-11)14(20)17(12)10-6-7-10;1-16-12-8-13(19)18(11-6-7-11)14(20)17(12)10-4-2-9(15)3-5-10;14-8-1-3-10(4-2-8)17-12(18)7-11(15)16(13(17)19)9-5-6-9;14-8-1-3-9(4-2-8)16-11(15)7-12(18)17(13(16)19)10-5-6-10;1-2;/h2-5,8,10,16H,6-7H2,1H3;2-5,8,11,16H,6-7H2,1H3;1-4,7,9H,5-6H2;1-4,7,10H,5-6H2;2H2,1H3;1H4. The summed E-state index contributed by atoms with van der Waals surface area (Å²) < 4.78 is 14.7. The van der Waals surface area contributed by atoms with Crippen molar-refractivity contribution < 1.29 is 0 Å². The lowest BCUT2D eigenvalue weighted by Crippen LogP contribution is -2.39. The Balaban J connectivity index is 0.000000153. The van der Waals surface area contributed by atoms with Gasteiger partial charge in [0.05, 0.1) is 22.7 Å². The Morgan fingerprint density at radius 1 is 0.370 bits per heavy atom. The quantitative estimate of drug-likeness (QED) is 0.109. The van der Waals surface area contributed by atoms with Gasteiger partial charge in [-0.15, -0.1) is 0 Å². The van der Waals surface area contributed by atoms with Crippen LogP contribution in [0.1, 0.15) is 83.0 Å². The fourth-order valence-electron chi connectivity index (χ4n) is 8.55. The van der Waals surface area contributed by atoms with Gasteiger partial charge >= 0.3 is 22.8 Å². The third-order valence-electron chi connectivity index (χ3n) is 13.0. The number of rotatable bonds is 10. The molecule has 25 heteroatoms. The molecule has 4 saturated carbocycles. The summed E-state index contributed by atoms with van der Waals surface area (Å²) in [5.41, 5.74) is 4.39. The number of hydrogen-bond donors (Lipinski definition) is 3. The number of nitrogens with two attached hydrogens (primary N) is 1. The van der Waals surface area contributed by atoms with E-state index in [9.17, 15) is 38.4 Å². The third-order valence-corrected chi connectivity index (χ3v) is 15.6. The zero-order chi connectivity index (χ0) is 57.7. The van der Waals surface area contributed by atoms with E-state index in [4.69, 9.17) is 23.2 Å². The number of benzene rings is 4. The minimum absolute atomic E-state index is 0. The topological polar surface area (TPSA) is 226 Å². The lowest BCUT2D eigenvalue weighted by Gasteiger charge is -2.14. The molecule has 0 radical (unpaired) electrons. The van der Waals surface area contributed by atoms with E-state index in [0.29, 0.717) is 28.7 Å². The summed E-state index contributed by atoms with van der Waals surface area (Å²) in [6.07, 6.45) is 7.35. The van der Waals surface area contributed by atoms with Gasteiger partial charge in [-0.3, -0.25) is 42.0 Å². The lowest BCUT2D eigenvalue weighted by atomic mass is 10.3. The number of halogens is 6. The van der Waals surface area contributed by atoms with Gasteiger partial charge in [0, 0.05) is 80.4 Å². The van der Waals surface area contributed by atoms with Gasteiger partial charge in [0.15, 0.2) is 0 Å². The smallest absolute Gasteiger partial charge is 0.337 e. The fraction of sp³-hybridized carbons (Fsp3) is 0.286. The highest BCUT2D eigenvalue weighted by Crippen LogP contribution is 2.37. The van der Waals surface area contributed by atoms with Crippen molar-refractivity contribution in [3.8, 4) is 22.7 Å². The first-order valence-electron chi connectivity index (χ1n) is 25.2. The molecule has 0 atom stereocenters. The molecule has 81 heavy (non-hydrogen) atoms. The van der Waals surface area contributed by atoms with Gasteiger partial charge in [-0.25, -0.2) is 32.9 Å². The van der Waals surface area contributed by atoms with Gasteiger partial charge in [-0.2, -0.15) is 0 Å². The fourth-order valence-corrected chi connectivity index (χ4v) is 10.2. The average Bonchev–Trinajstić information content (AvgIpc) is 4.34. The zero-order valence-corrected chi connectivity index (χ0v) is 51.1. The van der Waals surface area contributed by atoms with Crippen LogP contribution >= 0.6 is 86.9 Å². The summed E-state index contributed by atoms with van der Waals surface area (Å²) >= 11 is 25.4. The van der Waals surface area contributed by atoms with Crippen molar-refractivity contribution in [2.24, 2.45) is 5.73 Å². The number of aromatic nitrogens is 8. The Morgan fingerprint density at radius 2 is 0.642 bits per heavy atom. The highest BCUT2D eigenvalue weighted by molar-refractivity contribution is 9.11. The Morgan fingerprint density at radius 3 is 1.02 bits per heavy atom.